The minimum atomic E-state index is -0.865. The summed E-state index contributed by atoms with van der Waals surface area (Å²) in [5, 5.41) is 11.3. The number of benzene rings is 1. The van der Waals surface area contributed by atoms with Crippen LogP contribution < -0.4 is 5.32 Å². The summed E-state index contributed by atoms with van der Waals surface area (Å²) in [6, 6.07) is 7.30. The Morgan fingerprint density at radius 3 is 2.40 bits per heavy atom. The van der Waals surface area contributed by atoms with Gasteiger partial charge in [0.25, 0.3) is 0 Å². The van der Waals surface area contributed by atoms with Crippen LogP contribution in [0.4, 0.5) is 5.69 Å². The first-order valence-corrected chi connectivity index (χ1v) is 7.66. The van der Waals surface area contributed by atoms with E-state index in [9.17, 15) is 9.59 Å². The van der Waals surface area contributed by atoms with Crippen LogP contribution in [-0.4, -0.2) is 22.2 Å². The molecule has 0 spiro atoms. The molecule has 5 heteroatoms. The highest BCUT2D eigenvalue weighted by molar-refractivity contribution is 8.00. The normalized spacial score (nSPS) is 12.2. The van der Waals surface area contributed by atoms with Crippen molar-refractivity contribution in [2.75, 3.05) is 5.32 Å². The van der Waals surface area contributed by atoms with Crippen LogP contribution >= 0.6 is 11.8 Å². The van der Waals surface area contributed by atoms with E-state index in [0.29, 0.717) is 5.69 Å². The van der Waals surface area contributed by atoms with Crippen molar-refractivity contribution < 1.29 is 14.7 Å². The van der Waals surface area contributed by atoms with E-state index in [0.717, 1.165) is 17.7 Å². The van der Waals surface area contributed by atoms with Crippen LogP contribution in [0.1, 0.15) is 33.6 Å². The lowest BCUT2D eigenvalue weighted by atomic mass is 10.0. The van der Waals surface area contributed by atoms with Gasteiger partial charge >= 0.3 is 5.97 Å². The number of carbonyl (C=O) groups excluding carboxylic acids is 1. The molecule has 2 N–H and O–H groups in total. The average Bonchev–Trinajstić information content (AvgIpc) is 2.42. The van der Waals surface area contributed by atoms with Crippen LogP contribution in [0.15, 0.2) is 29.2 Å². The predicted octanol–water partition coefficient (Wildman–Crippen LogP) is 3.63. The second kappa shape index (κ2) is 7.94. The van der Waals surface area contributed by atoms with E-state index in [1.165, 1.54) is 11.8 Å². The SMILES string of the molecule is CCC(CC)C(=O)Nc1ccccc1SC(C)C(=O)O. The van der Waals surface area contributed by atoms with Crippen molar-refractivity contribution in [2.24, 2.45) is 5.92 Å². The Hall–Kier alpha value is -1.49. The number of anilines is 1. The molecule has 0 aliphatic heterocycles. The third-order valence-electron chi connectivity index (χ3n) is 3.15. The fourth-order valence-corrected chi connectivity index (χ4v) is 2.69. The summed E-state index contributed by atoms with van der Waals surface area (Å²) in [6.45, 7) is 5.61. The first-order valence-electron chi connectivity index (χ1n) is 6.78. The van der Waals surface area contributed by atoms with Crippen molar-refractivity contribution in [3.05, 3.63) is 24.3 Å². The number of para-hydroxylation sites is 1. The van der Waals surface area contributed by atoms with E-state index in [4.69, 9.17) is 5.11 Å². The van der Waals surface area contributed by atoms with Gasteiger partial charge in [-0.05, 0) is 31.9 Å². The number of rotatable bonds is 7. The zero-order valence-corrected chi connectivity index (χ0v) is 12.9. The second-order valence-electron chi connectivity index (χ2n) is 4.60. The van der Waals surface area contributed by atoms with Crippen LogP contribution in [0.3, 0.4) is 0 Å². The van der Waals surface area contributed by atoms with Gasteiger partial charge in [-0.25, -0.2) is 0 Å². The van der Waals surface area contributed by atoms with Crippen molar-refractivity contribution in [1.82, 2.24) is 0 Å². The third-order valence-corrected chi connectivity index (χ3v) is 4.32. The summed E-state index contributed by atoms with van der Waals surface area (Å²) in [7, 11) is 0. The monoisotopic (exact) mass is 295 g/mol. The molecule has 0 saturated carbocycles. The maximum Gasteiger partial charge on any atom is 0.316 e. The summed E-state index contributed by atoms with van der Waals surface area (Å²) in [5.74, 6) is -0.882. The molecule has 1 rings (SSSR count). The van der Waals surface area contributed by atoms with Crippen molar-refractivity contribution in [2.45, 2.75) is 43.8 Å². The molecule has 0 radical (unpaired) electrons. The molecule has 0 fully saturated rings. The van der Waals surface area contributed by atoms with Crippen LogP contribution in [-0.2, 0) is 9.59 Å². The van der Waals surface area contributed by atoms with Gasteiger partial charge in [-0.15, -0.1) is 11.8 Å². The molecule has 20 heavy (non-hydrogen) atoms. The van der Waals surface area contributed by atoms with E-state index in [-0.39, 0.29) is 11.8 Å². The Morgan fingerprint density at radius 1 is 1.25 bits per heavy atom. The zero-order chi connectivity index (χ0) is 15.1. The smallest absolute Gasteiger partial charge is 0.316 e. The van der Waals surface area contributed by atoms with Gasteiger partial charge in [0.2, 0.25) is 5.91 Å². The Morgan fingerprint density at radius 2 is 1.85 bits per heavy atom. The van der Waals surface area contributed by atoms with Gasteiger partial charge in [0, 0.05) is 10.8 Å². The van der Waals surface area contributed by atoms with E-state index in [1.54, 1.807) is 13.0 Å². The number of aliphatic carboxylic acids is 1. The van der Waals surface area contributed by atoms with E-state index in [1.807, 2.05) is 32.0 Å². The van der Waals surface area contributed by atoms with Crippen LogP contribution in [0, 0.1) is 5.92 Å². The van der Waals surface area contributed by atoms with E-state index >= 15 is 0 Å². The molecule has 1 unspecified atom stereocenters. The molecule has 0 aliphatic rings. The second-order valence-corrected chi connectivity index (χ2v) is 5.98. The molecule has 110 valence electrons. The lowest BCUT2D eigenvalue weighted by Gasteiger charge is -2.16. The maximum absolute atomic E-state index is 12.1. The molecule has 0 saturated heterocycles. The number of carbonyl (C=O) groups is 2. The van der Waals surface area contributed by atoms with Crippen molar-refractivity contribution in [1.29, 1.82) is 0 Å². The topological polar surface area (TPSA) is 66.4 Å². The summed E-state index contributed by atoms with van der Waals surface area (Å²) in [6.07, 6.45) is 1.59. The van der Waals surface area contributed by atoms with Crippen LogP contribution in [0.2, 0.25) is 0 Å². The molecular formula is C15H21NO3S. The molecule has 1 atom stereocenters. The number of amides is 1. The van der Waals surface area contributed by atoms with E-state index in [2.05, 4.69) is 5.32 Å². The molecule has 0 bridgehead atoms. The highest BCUT2D eigenvalue weighted by Crippen LogP contribution is 2.31. The molecule has 0 aliphatic carbocycles. The Bertz CT molecular complexity index is 472. The Labute approximate surface area is 124 Å². The molecule has 0 heterocycles. The fourth-order valence-electron chi connectivity index (χ4n) is 1.81. The fraction of sp³-hybridized carbons (Fsp3) is 0.467. The highest BCUT2D eigenvalue weighted by Gasteiger charge is 2.18. The van der Waals surface area contributed by atoms with Gasteiger partial charge in [0.15, 0.2) is 0 Å². The number of hydrogen-bond acceptors (Lipinski definition) is 3. The lowest BCUT2D eigenvalue weighted by Crippen LogP contribution is -2.22. The average molecular weight is 295 g/mol. The maximum atomic E-state index is 12.1. The minimum Gasteiger partial charge on any atom is -0.480 e. The summed E-state index contributed by atoms with van der Waals surface area (Å²) in [4.78, 5) is 23.8. The first kappa shape index (κ1) is 16.6. The summed E-state index contributed by atoms with van der Waals surface area (Å²) < 4.78 is 0. The first-order chi connectivity index (χ1) is 9.49. The quantitative estimate of drug-likeness (QED) is 0.754. The standard InChI is InChI=1S/C15H21NO3S/c1-4-11(5-2)14(17)16-12-8-6-7-9-13(12)20-10(3)15(18)19/h6-11H,4-5H2,1-3H3,(H,16,17)(H,18,19). The van der Waals surface area contributed by atoms with Crippen molar-refractivity contribution in [3.8, 4) is 0 Å². The number of carboxylic acid groups (broad SMARTS) is 1. The number of carboxylic acids is 1. The van der Waals surface area contributed by atoms with Crippen LogP contribution in [0.25, 0.3) is 0 Å². The van der Waals surface area contributed by atoms with Crippen LogP contribution in [0.5, 0.6) is 0 Å². The Balaban J connectivity index is 2.85. The van der Waals surface area contributed by atoms with Crippen molar-refractivity contribution >= 4 is 29.3 Å². The van der Waals surface area contributed by atoms with Gasteiger partial charge in [-0.2, -0.15) is 0 Å². The zero-order valence-electron chi connectivity index (χ0n) is 12.1. The number of hydrogen-bond donors (Lipinski definition) is 2. The molecule has 1 amide bonds. The molecule has 4 nitrogen and oxygen atoms in total. The van der Waals surface area contributed by atoms with Gasteiger partial charge in [0.05, 0.1) is 5.69 Å². The Kier molecular flexibility index (Phi) is 6.58. The van der Waals surface area contributed by atoms with E-state index < -0.39 is 11.2 Å². The molecular weight excluding hydrogens is 274 g/mol. The molecule has 1 aromatic rings. The van der Waals surface area contributed by atoms with Gasteiger partial charge in [-0.1, -0.05) is 26.0 Å². The number of thioether (sulfide) groups is 1. The predicted molar refractivity (Wildman–Crippen MR) is 82.1 cm³/mol. The third kappa shape index (κ3) is 4.56. The van der Waals surface area contributed by atoms with Crippen molar-refractivity contribution in [3.63, 3.8) is 0 Å². The summed E-state index contributed by atoms with van der Waals surface area (Å²) >= 11 is 1.23. The van der Waals surface area contributed by atoms with Gasteiger partial charge < -0.3 is 10.4 Å². The molecule has 0 aromatic heterocycles. The van der Waals surface area contributed by atoms with Gasteiger partial charge in [0.1, 0.15) is 5.25 Å². The summed E-state index contributed by atoms with van der Waals surface area (Å²) in [5.41, 5.74) is 0.683. The van der Waals surface area contributed by atoms with Gasteiger partial charge in [-0.3, -0.25) is 9.59 Å². The number of nitrogens with one attached hydrogen (secondary N) is 1. The largest absolute Gasteiger partial charge is 0.480 e. The highest BCUT2D eigenvalue weighted by atomic mass is 32.2. The molecule has 1 aromatic carbocycles. The minimum absolute atomic E-state index is 0.00831. The lowest BCUT2D eigenvalue weighted by molar-refractivity contribution is -0.136.